The van der Waals surface area contributed by atoms with Gasteiger partial charge in [0.05, 0.1) is 0 Å². The average Bonchev–Trinajstić information content (AvgIpc) is 2.89. The number of carbonyl (C=O) groups is 1. The summed E-state index contributed by atoms with van der Waals surface area (Å²) in [5.41, 5.74) is 3.70. The summed E-state index contributed by atoms with van der Waals surface area (Å²) in [5.74, 6) is 0.220. The van der Waals surface area contributed by atoms with Gasteiger partial charge in [-0.1, -0.05) is 78.9 Å². The van der Waals surface area contributed by atoms with Gasteiger partial charge in [0.15, 0.2) is 0 Å². The quantitative estimate of drug-likeness (QED) is 0.453. The van der Waals surface area contributed by atoms with E-state index >= 15 is 0 Å². The molecule has 0 aromatic heterocycles. The lowest BCUT2D eigenvalue weighted by Gasteiger charge is -2.36. The third-order valence-electron chi connectivity index (χ3n) is 6.51. The second-order valence-electron chi connectivity index (χ2n) is 8.80. The maximum Gasteiger partial charge on any atom is 0.220 e. The third kappa shape index (κ3) is 6.93. The lowest BCUT2D eigenvalue weighted by atomic mass is 9.88. The third-order valence-corrected chi connectivity index (χ3v) is 6.51. The van der Waals surface area contributed by atoms with Crippen LogP contribution in [0.3, 0.4) is 0 Å². The molecule has 0 atom stereocenters. The SMILES string of the molecule is O=C(CC(c1ccccc1)c1ccccc1)NCCCCN1CCN(c2ccccc2)CC1. The van der Waals surface area contributed by atoms with Gasteiger partial charge in [-0.3, -0.25) is 9.69 Å². The molecule has 4 heteroatoms. The molecule has 0 bridgehead atoms. The smallest absolute Gasteiger partial charge is 0.220 e. The zero-order valence-electron chi connectivity index (χ0n) is 19.4. The van der Waals surface area contributed by atoms with Crippen LogP contribution < -0.4 is 10.2 Å². The van der Waals surface area contributed by atoms with Crippen LogP contribution in [-0.4, -0.2) is 50.1 Å². The number of unbranched alkanes of at least 4 members (excludes halogenated alkanes) is 1. The maximum absolute atomic E-state index is 12.7. The van der Waals surface area contributed by atoms with Crippen LogP contribution in [-0.2, 0) is 4.79 Å². The second-order valence-corrected chi connectivity index (χ2v) is 8.80. The summed E-state index contributed by atoms with van der Waals surface area (Å²) in [6.45, 7) is 6.24. The molecule has 172 valence electrons. The van der Waals surface area contributed by atoms with Crippen LogP contribution in [0.15, 0.2) is 91.0 Å². The fraction of sp³-hybridized carbons (Fsp3) is 0.345. The summed E-state index contributed by atoms with van der Waals surface area (Å²) in [7, 11) is 0. The van der Waals surface area contributed by atoms with Crippen molar-refractivity contribution in [1.29, 1.82) is 0 Å². The Hall–Kier alpha value is -3.11. The van der Waals surface area contributed by atoms with Crippen LogP contribution in [0.25, 0.3) is 0 Å². The largest absolute Gasteiger partial charge is 0.369 e. The molecule has 0 unspecified atom stereocenters. The minimum atomic E-state index is 0.0910. The summed E-state index contributed by atoms with van der Waals surface area (Å²) in [6, 6.07) is 31.3. The van der Waals surface area contributed by atoms with Crippen molar-refractivity contribution in [3.8, 4) is 0 Å². The first-order valence-corrected chi connectivity index (χ1v) is 12.2. The predicted molar refractivity (Wildman–Crippen MR) is 137 cm³/mol. The monoisotopic (exact) mass is 441 g/mol. The average molecular weight is 442 g/mol. The van der Waals surface area contributed by atoms with Crippen molar-refractivity contribution in [1.82, 2.24) is 10.2 Å². The first-order valence-electron chi connectivity index (χ1n) is 12.2. The Kier molecular flexibility index (Phi) is 8.54. The topological polar surface area (TPSA) is 35.6 Å². The maximum atomic E-state index is 12.7. The molecule has 33 heavy (non-hydrogen) atoms. The lowest BCUT2D eigenvalue weighted by molar-refractivity contribution is -0.121. The number of anilines is 1. The van der Waals surface area contributed by atoms with E-state index in [-0.39, 0.29) is 11.8 Å². The van der Waals surface area contributed by atoms with Gasteiger partial charge >= 0.3 is 0 Å². The van der Waals surface area contributed by atoms with Gasteiger partial charge in [0.25, 0.3) is 0 Å². The molecule has 1 fully saturated rings. The Morgan fingerprint density at radius 3 is 1.85 bits per heavy atom. The second kappa shape index (κ2) is 12.2. The van der Waals surface area contributed by atoms with Crippen molar-refractivity contribution in [3.63, 3.8) is 0 Å². The fourth-order valence-electron chi connectivity index (χ4n) is 4.61. The molecular formula is C29H35N3O. The Morgan fingerprint density at radius 2 is 1.27 bits per heavy atom. The van der Waals surface area contributed by atoms with Crippen molar-refractivity contribution in [2.24, 2.45) is 0 Å². The Morgan fingerprint density at radius 1 is 0.727 bits per heavy atom. The zero-order chi connectivity index (χ0) is 22.7. The molecule has 3 aromatic rings. The summed E-state index contributed by atoms with van der Waals surface area (Å²) in [6.07, 6.45) is 2.62. The van der Waals surface area contributed by atoms with E-state index in [9.17, 15) is 4.79 Å². The van der Waals surface area contributed by atoms with E-state index in [4.69, 9.17) is 0 Å². The van der Waals surface area contributed by atoms with Crippen molar-refractivity contribution >= 4 is 11.6 Å². The highest BCUT2D eigenvalue weighted by atomic mass is 16.1. The van der Waals surface area contributed by atoms with Gasteiger partial charge in [-0.25, -0.2) is 0 Å². The molecule has 1 N–H and O–H groups in total. The number of amides is 1. The first-order chi connectivity index (χ1) is 16.3. The highest BCUT2D eigenvalue weighted by molar-refractivity contribution is 5.77. The number of para-hydroxylation sites is 1. The van der Waals surface area contributed by atoms with E-state index in [0.29, 0.717) is 6.42 Å². The van der Waals surface area contributed by atoms with Gasteiger partial charge in [0.1, 0.15) is 0 Å². The van der Waals surface area contributed by atoms with E-state index in [1.165, 1.54) is 16.8 Å². The number of benzene rings is 3. The molecule has 1 amide bonds. The summed E-state index contributed by atoms with van der Waals surface area (Å²) in [4.78, 5) is 17.7. The van der Waals surface area contributed by atoms with Crippen molar-refractivity contribution < 1.29 is 4.79 Å². The normalized spacial score (nSPS) is 14.4. The molecule has 3 aromatic carbocycles. The molecule has 0 spiro atoms. The van der Waals surface area contributed by atoms with Crippen LogP contribution in [0, 0.1) is 0 Å². The van der Waals surface area contributed by atoms with Crippen LogP contribution >= 0.6 is 0 Å². The molecule has 0 aliphatic carbocycles. The Labute approximate surface area is 198 Å². The standard InChI is InChI=1S/C29H35N3O/c33-29(24-28(25-12-4-1-5-13-25)26-14-6-2-7-15-26)30-18-10-11-19-31-20-22-32(23-21-31)27-16-8-3-9-17-27/h1-9,12-17,28H,10-11,18-24H2,(H,30,33). The zero-order valence-corrected chi connectivity index (χ0v) is 19.4. The number of nitrogens with one attached hydrogen (secondary N) is 1. The first kappa shape index (κ1) is 23.1. The summed E-state index contributed by atoms with van der Waals surface area (Å²) < 4.78 is 0. The van der Waals surface area contributed by atoms with Crippen LogP contribution in [0.2, 0.25) is 0 Å². The number of carbonyl (C=O) groups excluding carboxylic acids is 1. The van der Waals surface area contributed by atoms with E-state index in [1.54, 1.807) is 0 Å². The van der Waals surface area contributed by atoms with E-state index < -0.39 is 0 Å². The minimum Gasteiger partial charge on any atom is -0.369 e. The van der Waals surface area contributed by atoms with Gasteiger partial charge in [-0.15, -0.1) is 0 Å². The number of hydrogen-bond donors (Lipinski definition) is 1. The molecule has 1 heterocycles. The van der Waals surface area contributed by atoms with Crippen molar-refractivity contribution in [2.45, 2.75) is 25.2 Å². The summed E-state index contributed by atoms with van der Waals surface area (Å²) in [5, 5.41) is 3.15. The van der Waals surface area contributed by atoms with Crippen LogP contribution in [0.1, 0.15) is 36.3 Å². The Bertz CT molecular complexity index is 914. The number of hydrogen-bond acceptors (Lipinski definition) is 3. The Balaban J connectivity index is 1.16. The van der Waals surface area contributed by atoms with Crippen molar-refractivity contribution in [3.05, 3.63) is 102 Å². The molecule has 0 radical (unpaired) electrons. The van der Waals surface area contributed by atoms with Gasteiger partial charge in [-0.2, -0.15) is 0 Å². The van der Waals surface area contributed by atoms with Crippen LogP contribution in [0.4, 0.5) is 5.69 Å². The van der Waals surface area contributed by atoms with Gasteiger partial charge in [0.2, 0.25) is 5.91 Å². The van der Waals surface area contributed by atoms with E-state index in [2.05, 4.69) is 69.7 Å². The highest BCUT2D eigenvalue weighted by Crippen LogP contribution is 2.27. The fourth-order valence-corrected chi connectivity index (χ4v) is 4.61. The molecule has 0 saturated carbocycles. The predicted octanol–water partition coefficient (Wildman–Crippen LogP) is 4.93. The van der Waals surface area contributed by atoms with Crippen LogP contribution in [0.5, 0.6) is 0 Å². The number of nitrogens with zero attached hydrogens (tertiary/aromatic N) is 2. The van der Waals surface area contributed by atoms with Gasteiger partial charge < -0.3 is 10.2 Å². The molecule has 4 rings (SSSR count). The molecule has 4 nitrogen and oxygen atoms in total. The molecular weight excluding hydrogens is 406 g/mol. The van der Waals surface area contributed by atoms with Gasteiger partial charge in [0, 0.05) is 50.7 Å². The van der Waals surface area contributed by atoms with E-state index in [1.807, 2.05) is 36.4 Å². The molecule has 1 aliphatic rings. The molecule has 1 saturated heterocycles. The number of piperazine rings is 1. The van der Waals surface area contributed by atoms with E-state index in [0.717, 1.165) is 52.1 Å². The highest BCUT2D eigenvalue weighted by Gasteiger charge is 2.18. The summed E-state index contributed by atoms with van der Waals surface area (Å²) >= 11 is 0. The lowest BCUT2D eigenvalue weighted by Crippen LogP contribution is -2.46. The van der Waals surface area contributed by atoms with Crippen molar-refractivity contribution in [2.75, 3.05) is 44.2 Å². The molecule has 1 aliphatic heterocycles. The minimum absolute atomic E-state index is 0.0910. The number of rotatable bonds is 10. The van der Waals surface area contributed by atoms with Gasteiger partial charge in [-0.05, 0) is 42.6 Å².